The Balaban J connectivity index is 2.88. The minimum Gasteiger partial charge on any atom is -0.456 e. The van der Waals surface area contributed by atoms with E-state index in [-0.39, 0.29) is 0 Å². The van der Waals surface area contributed by atoms with Gasteiger partial charge in [-0.05, 0) is 52.8 Å². The molecule has 0 saturated heterocycles. The van der Waals surface area contributed by atoms with E-state index >= 15 is 0 Å². The Morgan fingerprint density at radius 2 is 1.71 bits per heavy atom. The van der Waals surface area contributed by atoms with E-state index in [2.05, 4.69) is 5.32 Å². The lowest BCUT2D eigenvalue weighted by Gasteiger charge is -2.32. The zero-order valence-electron chi connectivity index (χ0n) is 16.7. The first-order chi connectivity index (χ1) is 12.8. The number of alkyl carbamates (subject to hydrolysis) is 1. The number of rotatable bonds is 7. The number of benzene rings is 1. The maximum Gasteiger partial charge on any atom is 0.408 e. The van der Waals surface area contributed by atoms with Crippen LogP contribution in [0, 0.1) is 11.6 Å². The first-order valence-corrected chi connectivity index (χ1v) is 8.46. The van der Waals surface area contributed by atoms with Crippen LogP contribution in [0.15, 0.2) is 18.2 Å². The van der Waals surface area contributed by atoms with Gasteiger partial charge >= 0.3 is 12.1 Å². The quantitative estimate of drug-likeness (QED) is 0.558. The van der Waals surface area contributed by atoms with E-state index in [4.69, 9.17) is 14.2 Å². The third-order valence-corrected chi connectivity index (χ3v) is 3.69. The predicted octanol–water partition coefficient (Wildman–Crippen LogP) is 3.01. The summed E-state index contributed by atoms with van der Waals surface area (Å²) in [6, 6.07) is 1.05. The van der Waals surface area contributed by atoms with Crippen LogP contribution in [0.2, 0.25) is 0 Å². The van der Waals surface area contributed by atoms with E-state index < -0.39 is 58.9 Å². The SMILES string of the molecule is COC(C)(C)C(NC(=O)OC(C)(C)C)C(=O)OCC(=O)c1cc(F)ccc1F. The molecule has 0 aromatic heterocycles. The van der Waals surface area contributed by atoms with Crippen LogP contribution >= 0.6 is 0 Å². The second-order valence-electron chi connectivity index (χ2n) is 7.54. The van der Waals surface area contributed by atoms with E-state index in [1.165, 1.54) is 21.0 Å². The number of carbonyl (C=O) groups is 3. The van der Waals surface area contributed by atoms with E-state index in [0.29, 0.717) is 6.07 Å². The molecule has 0 fully saturated rings. The molecule has 0 aliphatic heterocycles. The highest BCUT2D eigenvalue weighted by Crippen LogP contribution is 2.17. The van der Waals surface area contributed by atoms with Gasteiger partial charge < -0.3 is 19.5 Å². The van der Waals surface area contributed by atoms with Crippen LogP contribution in [0.1, 0.15) is 45.0 Å². The van der Waals surface area contributed by atoms with Crippen LogP contribution in [-0.4, -0.2) is 48.8 Å². The molecule has 1 aromatic rings. The largest absolute Gasteiger partial charge is 0.456 e. The molecule has 0 radical (unpaired) electrons. The summed E-state index contributed by atoms with van der Waals surface area (Å²) in [6.07, 6.45) is -0.887. The van der Waals surface area contributed by atoms with E-state index in [1.807, 2.05) is 0 Å². The zero-order valence-corrected chi connectivity index (χ0v) is 16.7. The molecule has 0 spiro atoms. The Labute approximate surface area is 162 Å². The van der Waals surface area contributed by atoms with Gasteiger partial charge in [-0.1, -0.05) is 0 Å². The molecular weight excluding hydrogens is 376 g/mol. The van der Waals surface area contributed by atoms with Crippen molar-refractivity contribution < 1.29 is 37.4 Å². The molecule has 1 rings (SSSR count). The summed E-state index contributed by atoms with van der Waals surface area (Å²) in [7, 11) is 1.32. The topological polar surface area (TPSA) is 90.9 Å². The third-order valence-electron chi connectivity index (χ3n) is 3.69. The lowest BCUT2D eigenvalue weighted by Crippen LogP contribution is -2.56. The highest BCUT2D eigenvalue weighted by atomic mass is 19.1. The van der Waals surface area contributed by atoms with Gasteiger partial charge in [0.25, 0.3) is 0 Å². The Bertz CT molecular complexity index is 742. The van der Waals surface area contributed by atoms with Crippen LogP contribution in [0.4, 0.5) is 13.6 Å². The van der Waals surface area contributed by atoms with Crippen LogP contribution in [-0.2, 0) is 19.0 Å². The summed E-state index contributed by atoms with van der Waals surface area (Å²) in [4.78, 5) is 36.5. The summed E-state index contributed by atoms with van der Waals surface area (Å²) < 4.78 is 42.1. The molecule has 9 heteroatoms. The molecule has 0 aliphatic carbocycles. The van der Waals surface area contributed by atoms with Gasteiger partial charge in [-0.15, -0.1) is 0 Å². The van der Waals surface area contributed by atoms with Gasteiger partial charge in [0.15, 0.2) is 12.6 Å². The minimum atomic E-state index is -1.32. The highest BCUT2D eigenvalue weighted by molar-refractivity contribution is 5.98. The number of Topliss-reactive ketones (excluding diaryl/α,β-unsaturated/α-hetero) is 1. The van der Waals surface area contributed by atoms with Gasteiger partial charge in [0.1, 0.15) is 17.2 Å². The molecule has 0 aliphatic rings. The van der Waals surface area contributed by atoms with Crippen molar-refractivity contribution >= 4 is 17.8 Å². The van der Waals surface area contributed by atoms with Crippen molar-refractivity contribution in [2.24, 2.45) is 0 Å². The zero-order chi connectivity index (χ0) is 21.7. The van der Waals surface area contributed by atoms with Crippen LogP contribution in [0.25, 0.3) is 0 Å². The Morgan fingerprint density at radius 1 is 1.11 bits per heavy atom. The molecule has 1 N–H and O–H groups in total. The van der Waals surface area contributed by atoms with Crippen LogP contribution in [0.5, 0.6) is 0 Å². The van der Waals surface area contributed by atoms with Crippen LogP contribution in [0.3, 0.4) is 0 Å². The standard InChI is InChI=1S/C19H25F2NO6/c1-18(2,3)28-17(25)22-15(19(4,5)26-6)16(24)27-10-14(23)12-9-11(20)7-8-13(12)21/h7-9,15H,10H2,1-6H3,(H,22,25). The van der Waals surface area contributed by atoms with E-state index in [9.17, 15) is 23.2 Å². The number of carbonyl (C=O) groups excluding carboxylic acids is 3. The number of methoxy groups -OCH3 is 1. The molecular formula is C19H25F2NO6. The maximum absolute atomic E-state index is 13.7. The van der Waals surface area contributed by atoms with Gasteiger partial charge in [-0.25, -0.2) is 18.4 Å². The second kappa shape index (κ2) is 9.09. The molecule has 1 unspecified atom stereocenters. The fraction of sp³-hybridized carbons (Fsp3) is 0.526. The lowest BCUT2D eigenvalue weighted by molar-refractivity contribution is -0.152. The third kappa shape index (κ3) is 6.88. The monoisotopic (exact) mass is 401 g/mol. The Morgan fingerprint density at radius 3 is 2.25 bits per heavy atom. The predicted molar refractivity (Wildman–Crippen MR) is 95.9 cm³/mol. The fourth-order valence-electron chi connectivity index (χ4n) is 2.07. The maximum atomic E-state index is 13.7. The van der Waals surface area contributed by atoms with Gasteiger partial charge in [0, 0.05) is 7.11 Å². The van der Waals surface area contributed by atoms with Gasteiger partial charge in [0.2, 0.25) is 5.78 Å². The van der Waals surface area contributed by atoms with Gasteiger partial charge in [-0.2, -0.15) is 0 Å². The second-order valence-corrected chi connectivity index (χ2v) is 7.54. The average molecular weight is 401 g/mol. The van der Waals surface area contributed by atoms with Crippen molar-refractivity contribution in [2.45, 2.75) is 51.9 Å². The lowest BCUT2D eigenvalue weighted by atomic mass is 9.99. The van der Waals surface area contributed by atoms with Crippen molar-refractivity contribution in [3.05, 3.63) is 35.4 Å². The van der Waals surface area contributed by atoms with Crippen molar-refractivity contribution in [2.75, 3.05) is 13.7 Å². The molecule has 1 aromatic carbocycles. The summed E-state index contributed by atoms with van der Waals surface area (Å²) in [5.74, 6) is -3.68. The molecule has 156 valence electrons. The first kappa shape index (κ1) is 23.5. The normalized spacial score (nSPS) is 12.9. The molecule has 1 amide bonds. The number of hydrogen-bond donors (Lipinski definition) is 1. The number of ether oxygens (including phenoxy) is 3. The van der Waals surface area contributed by atoms with E-state index in [1.54, 1.807) is 20.8 Å². The number of halogens is 2. The smallest absolute Gasteiger partial charge is 0.408 e. The molecule has 0 heterocycles. The summed E-state index contributed by atoms with van der Waals surface area (Å²) >= 11 is 0. The average Bonchev–Trinajstić information content (AvgIpc) is 2.57. The molecule has 1 atom stereocenters. The van der Waals surface area contributed by atoms with Gasteiger partial charge in [-0.3, -0.25) is 4.79 Å². The number of hydrogen-bond acceptors (Lipinski definition) is 6. The van der Waals surface area contributed by atoms with Crippen molar-refractivity contribution in [1.82, 2.24) is 5.32 Å². The fourth-order valence-corrected chi connectivity index (χ4v) is 2.07. The molecule has 28 heavy (non-hydrogen) atoms. The van der Waals surface area contributed by atoms with Crippen molar-refractivity contribution in [3.63, 3.8) is 0 Å². The van der Waals surface area contributed by atoms with E-state index in [0.717, 1.165) is 12.1 Å². The first-order valence-electron chi connectivity index (χ1n) is 8.46. The Kier molecular flexibility index (Phi) is 7.63. The number of ketones is 1. The number of nitrogens with one attached hydrogen (secondary N) is 1. The summed E-state index contributed by atoms with van der Waals surface area (Å²) in [6.45, 7) is 7.13. The number of amides is 1. The molecule has 0 bridgehead atoms. The minimum absolute atomic E-state index is 0.546. The Hall–Kier alpha value is -2.55. The highest BCUT2D eigenvalue weighted by Gasteiger charge is 2.39. The summed E-state index contributed by atoms with van der Waals surface area (Å²) in [5, 5.41) is 2.34. The van der Waals surface area contributed by atoms with Crippen molar-refractivity contribution in [1.29, 1.82) is 0 Å². The number of esters is 1. The van der Waals surface area contributed by atoms with Crippen LogP contribution < -0.4 is 5.32 Å². The summed E-state index contributed by atoms with van der Waals surface area (Å²) in [5.41, 5.74) is -2.56. The molecule has 7 nitrogen and oxygen atoms in total. The van der Waals surface area contributed by atoms with Crippen molar-refractivity contribution in [3.8, 4) is 0 Å². The molecule has 0 saturated carbocycles. The van der Waals surface area contributed by atoms with Gasteiger partial charge in [0.05, 0.1) is 11.2 Å².